The van der Waals surface area contributed by atoms with Crippen molar-refractivity contribution in [1.29, 1.82) is 0 Å². The van der Waals surface area contributed by atoms with Gasteiger partial charge in [-0.1, -0.05) is 12.1 Å². The van der Waals surface area contributed by atoms with E-state index in [1.54, 1.807) is 12.1 Å². The van der Waals surface area contributed by atoms with Gasteiger partial charge < -0.3 is 10.6 Å². The van der Waals surface area contributed by atoms with Crippen LogP contribution >= 0.6 is 11.3 Å². The van der Waals surface area contributed by atoms with E-state index < -0.39 is 0 Å². The molecule has 2 N–H and O–H groups in total. The smallest absolute Gasteiger partial charge is 0.226 e. The lowest BCUT2D eigenvalue weighted by molar-refractivity contribution is -0.120. The molecule has 0 saturated carbocycles. The fraction of sp³-hybridized carbons (Fsp3) is 0.286. The molecule has 20 heavy (non-hydrogen) atoms. The Morgan fingerprint density at radius 1 is 1.40 bits per heavy atom. The third-order valence-corrected chi connectivity index (χ3v) is 3.60. The molecule has 6 heteroatoms. The molecule has 0 aliphatic heterocycles. The third kappa shape index (κ3) is 4.11. The van der Waals surface area contributed by atoms with E-state index in [-0.39, 0.29) is 18.1 Å². The SMILES string of the molecule is CNCCNC(=O)Cc1csc(-c2cccc(F)c2)n1. The normalized spacial score (nSPS) is 10.5. The lowest BCUT2D eigenvalue weighted by Gasteiger charge is -2.02. The van der Waals surface area contributed by atoms with E-state index in [1.165, 1.54) is 23.5 Å². The summed E-state index contributed by atoms with van der Waals surface area (Å²) in [5.74, 6) is -0.347. The lowest BCUT2D eigenvalue weighted by Crippen LogP contribution is -2.31. The van der Waals surface area contributed by atoms with E-state index in [0.717, 1.165) is 17.1 Å². The van der Waals surface area contributed by atoms with E-state index in [4.69, 9.17) is 0 Å². The molecular weight excluding hydrogens is 277 g/mol. The highest BCUT2D eigenvalue weighted by Gasteiger charge is 2.09. The number of hydrogen-bond donors (Lipinski definition) is 2. The molecule has 1 amide bonds. The monoisotopic (exact) mass is 293 g/mol. The first kappa shape index (κ1) is 14.6. The number of carbonyl (C=O) groups is 1. The van der Waals surface area contributed by atoms with Gasteiger partial charge in [0.2, 0.25) is 5.91 Å². The van der Waals surface area contributed by atoms with E-state index >= 15 is 0 Å². The van der Waals surface area contributed by atoms with Crippen molar-refractivity contribution in [3.8, 4) is 10.6 Å². The van der Waals surface area contributed by atoms with Gasteiger partial charge in [-0.3, -0.25) is 4.79 Å². The van der Waals surface area contributed by atoms with Gasteiger partial charge in [-0.25, -0.2) is 9.37 Å². The second-order valence-electron chi connectivity index (χ2n) is 4.28. The van der Waals surface area contributed by atoms with Crippen molar-refractivity contribution in [2.24, 2.45) is 0 Å². The summed E-state index contributed by atoms with van der Waals surface area (Å²) in [7, 11) is 1.83. The molecule has 2 aromatic rings. The summed E-state index contributed by atoms with van der Waals surface area (Å²) in [6, 6.07) is 6.29. The highest BCUT2D eigenvalue weighted by molar-refractivity contribution is 7.13. The van der Waals surface area contributed by atoms with Gasteiger partial charge in [0, 0.05) is 24.0 Å². The van der Waals surface area contributed by atoms with Gasteiger partial charge in [-0.15, -0.1) is 11.3 Å². The number of rotatable bonds is 6. The van der Waals surface area contributed by atoms with Gasteiger partial charge in [0.25, 0.3) is 0 Å². The largest absolute Gasteiger partial charge is 0.354 e. The number of aromatic nitrogens is 1. The van der Waals surface area contributed by atoms with Gasteiger partial charge in [0.1, 0.15) is 10.8 Å². The fourth-order valence-corrected chi connectivity index (χ4v) is 2.51. The predicted octanol–water partition coefficient (Wildman–Crippen LogP) is 1.83. The van der Waals surface area contributed by atoms with Gasteiger partial charge in [0.15, 0.2) is 0 Å². The summed E-state index contributed by atoms with van der Waals surface area (Å²) >= 11 is 1.41. The molecule has 0 atom stereocenters. The number of likely N-dealkylation sites (N-methyl/N-ethyl adjacent to an activating group) is 1. The highest BCUT2D eigenvalue weighted by Crippen LogP contribution is 2.24. The van der Waals surface area contributed by atoms with Crippen molar-refractivity contribution in [2.45, 2.75) is 6.42 Å². The molecule has 2 rings (SSSR count). The van der Waals surface area contributed by atoms with Crippen LogP contribution in [0.5, 0.6) is 0 Å². The Morgan fingerprint density at radius 2 is 2.25 bits per heavy atom. The standard InChI is InChI=1S/C14H16FN3OS/c1-16-5-6-17-13(19)8-12-9-20-14(18-12)10-3-2-4-11(15)7-10/h2-4,7,9,16H,5-6,8H2,1H3,(H,17,19). The van der Waals surface area contributed by atoms with Crippen LogP contribution in [0.25, 0.3) is 10.6 Å². The van der Waals surface area contributed by atoms with E-state index in [2.05, 4.69) is 15.6 Å². The van der Waals surface area contributed by atoms with Crippen LogP contribution in [0.15, 0.2) is 29.6 Å². The number of amides is 1. The van der Waals surface area contributed by atoms with Crippen LogP contribution in [0.3, 0.4) is 0 Å². The minimum absolute atomic E-state index is 0.0589. The number of carbonyl (C=O) groups excluding carboxylic acids is 1. The minimum Gasteiger partial charge on any atom is -0.354 e. The van der Waals surface area contributed by atoms with Crippen LogP contribution < -0.4 is 10.6 Å². The number of hydrogen-bond acceptors (Lipinski definition) is 4. The maximum atomic E-state index is 13.1. The Hall–Kier alpha value is -1.79. The zero-order valence-electron chi connectivity index (χ0n) is 11.1. The van der Waals surface area contributed by atoms with Crippen LogP contribution in [0.2, 0.25) is 0 Å². The van der Waals surface area contributed by atoms with Gasteiger partial charge in [0.05, 0.1) is 12.1 Å². The van der Waals surface area contributed by atoms with Gasteiger partial charge in [-0.2, -0.15) is 0 Å². The van der Waals surface area contributed by atoms with E-state index in [9.17, 15) is 9.18 Å². The number of nitrogens with zero attached hydrogens (tertiary/aromatic N) is 1. The van der Waals surface area contributed by atoms with Crippen LogP contribution in [-0.2, 0) is 11.2 Å². The van der Waals surface area contributed by atoms with E-state index in [0.29, 0.717) is 12.2 Å². The Labute approximate surface area is 121 Å². The molecule has 0 aliphatic carbocycles. The predicted molar refractivity (Wildman–Crippen MR) is 78.1 cm³/mol. The number of halogens is 1. The van der Waals surface area contributed by atoms with Crippen LogP contribution in [0.1, 0.15) is 5.69 Å². The molecule has 0 unspecified atom stereocenters. The molecular formula is C14H16FN3OS. The Kier molecular flexibility index (Phi) is 5.20. The van der Waals surface area contributed by atoms with E-state index in [1.807, 2.05) is 12.4 Å². The van der Waals surface area contributed by atoms with Crippen molar-refractivity contribution in [1.82, 2.24) is 15.6 Å². The molecule has 4 nitrogen and oxygen atoms in total. The number of thiazole rings is 1. The zero-order chi connectivity index (χ0) is 14.4. The zero-order valence-corrected chi connectivity index (χ0v) is 12.0. The summed E-state index contributed by atoms with van der Waals surface area (Å²) in [5, 5.41) is 8.30. The molecule has 106 valence electrons. The molecule has 0 spiro atoms. The summed E-state index contributed by atoms with van der Waals surface area (Å²) < 4.78 is 13.1. The molecule has 0 radical (unpaired) electrons. The van der Waals surface area contributed by atoms with Crippen molar-refractivity contribution in [2.75, 3.05) is 20.1 Å². The first-order valence-electron chi connectivity index (χ1n) is 6.30. The van der Waals surface area contributed by atoms with Gasteiger partial charge in [-0.05, 0) is 19.2 Å². The molecule has 0 aliphatic rings. The number of nitrogens with one attached hydrogen (secondary N) is 2. The van der Waals surface area contributed by atoms with Crippen LogP contribution in [-0.4, -0.2) is 31.0 Å². The van der Waals surface area contributed by atoms with Crippen molar-refractivity contribution >= 4 is 17.2 Å². The summed E-state index contributed by atoms with van der Waals surface area (Å²) in [4.78, 5) is 16.0. The molecule has 1 heterocycles. The van der Waals surface area contributed by atoms with Gasteiger partial charge >= 0.3 is 0 Å². The summed E-state index contributed by atoms with van der Waals surface area (Å²) in [5.41, 5.74) is 1.44. The highest BCUT2D eigenvalue weighted by atomic mass is 32.1. The van der Waals surface area contributed by atoms with Crippen LogP contribution in [0, 0.1) is 5.82 Å². The lowest BCUT2D eigenvalue weighted by atomic mass is 10.2. The first-order chi connectivity index (χ1) is 9.69. The molecule has 0 saturated heterocycles. The average molecular weight is 293 g/mol. The Bertz CT molecular complexity index is 585. The van der Waals surface area contributed by atoms with Crippen molar-refractivity contribution < 1.29 is 9.18 Å². The topological polar surface area (TPSA) is 54.0 Å². The number of benzene rings is 1. The third-order valence-electron chi connectivity index (χ3n) is 2.66. The Balaban J connectivity index is 1.97. The first-order valence-corrected chi connectivity index (χ1v) is 7.18. The average Bonchev–Trinajstić information content (AvgIpc) is 2.87. The second kappa shape index (κ2) is 7.12. The summed E-state index contributed by atoms with van der Waals surface area (Å²) in [6.45, 7) is 1.33. The summed E-state index contributed by atoms with van der Waals surface area (Å²) in [6.07, 6.45) is 0.246. The maximum absolute atomic E-state index is 13.1. The van der Waals surface area contributed by atoms with Crippen molar-refractivity contribution in [3.63, 3.8) is 0 Å². The van der Waals surface area contributed by atoms with Crippen molar-refractivity contribution in [3.05, 3.63) is 41.2 Å². The fourth-order valence-electron chi connectivity index (χ4n) is 1.70. The maximum Gasteiger partial charge on any atom is 0.226 e. The molecule has 1 aromatic heterocycles. The Morgan fingerprint density at radius 3 is 3.00 bits per heavy atom. The minimum atomic E-state index is -0.288. The molecule has 0 fully saturated rings. The quantitative estimate of drug-likeness (QED) is 0.799. The second-order valence-corrected chi connectivity index (χ2v) is 5.14. The molecule has 1 aromatic carbocycles. The molecule has 0 bridgehead atoms. The van der Waals surface area contributed by atoms with Crippen LogP contribution in [0.4, 0.5) is 4.39 Å².